The predicted molar refractivity (Wildman–Crippen MR) is 67.2 cm³/mol. The molecule has 0 aromatic heterocycles. The highest BCUT2D eigenvalue weighted by Crippen LogP contribution is 2.31. The predicted octanol–water partition coefficient (Wildman–Crippen LogP) is 3.11. The highest BCUT2D eigenvalue weighted by Gasteiger charge is 2.33. The van der Waals surface area contributed by atoms with Gasteiger partial charge in [0.25, 0.3) is 0 Å². The lowest BCUT2D eigenvalue weighted by atomic mass is 10.1. The fourth-order valence-electron chi connectivity index (χ4n) is 1.99. The van der Waals surface area contributed by atoms with Gasteiger partial charge in [-0.05, 0) is 18.2 Å². The molecule has 0 fully saturated rings. The van der Waals surface area contributed by atoms with Gasteiger partial charge in [0.2, 0.25) is 0 Å². The summed E-state index contributed by atoms with van der Waals surface area (Å²) in [5.74, 6) is -0.323. The van der Waals surface area contributed by atoms with Gasteiger partial charge in [-0.1, -0.05) is 30.3 Å². The molecule has 106 valence electrons. The highest BCUT2D eigenvalue weighted by molar-refractivity contribution is 5.28. The van der Waals surface area contributed by atoms with Crippen LogP contribution < -0.4 is 5.32 Å². The molecule has 5 heteroatoms. The first-order valence-electron chi connectivity index (χ1n) is 6.18. The molecule has 0 spiro atoms. The van der Waals surface area contributed by atoms with Crippen LogP contribution >= 0.6 is 0 Å². The van der Waals surface area contributed by atoms with E-state index in [0.717, 1.165) is 11.6 Å². The Bertz CT molecular complexity index is 561. The van der Waals surface area contributed by atoms with Gasteiger partial charge in [0.15, 0.2) is 0 Å². The van der Waals surface area contributed by atoms with Crippen molar-refractivity contribution in [3.8, 4) is 0 Å². The van der Waals surface area contributed by atoms with Crippen molar-refractivity contribution >= 4 is 0 Å². The minimum absolute atomic E-state index is 0.229. The van der Waals surface area contributed by atoms with Crippen LogP contribution in [0.4, 0.5) is 17.6 Å². The molecule has 0 bridgehead atoms. The number of halogens is 4. The lowest BCUT2D eigenvalue weighted by Gasteiger charge is -2.11. The Morgan fingerprint density at radius 3 is 2.15 bits per heavy atom. The number of hydrogen-bond donors (Lipinski definition) is 1. The zero-order valence-corrected chi connectivity index (χ0v) is 10.6. The monoisotopic (exact) mass is 284 g/mol. The number of benzene rings is 2. The van der Waals surface area contributed by atoms with E-state index in [1.165, 1.54) is 24.3 Å². The Morgan fingerprint density at radius 2 is 1.50 bits per heavy atom. The van der Waals surface area contributed by atoms with Crippen molar-refractivity contribution in [3.05, 3.63) is 71.0 Å². The van der Waals surface area contributed by atoms with Gasteiger partial charge < -0.3 is 5.32 Å². The molecule has 0 radical (unpaired) electrons. The maximum Gasteiger partial charge on any atom is 0.416 e. The van der Waals surface area contributed by atoms with Gasteiger partial charge in [-0.2, -0.15) is 13.2 Å². The van der Waals surface area contributed by atoms with Crippen molar-refractivity contribution in [2.75, 3.05) is 0 Å². The fraction of sp³-hybridized carbons (Fsp3) is 0.200. The second-order valence-corrected chi connectivity index (χ2v) is 4.48. The number of quaternary nitrogens is 1. The molecule has 20 heavy (non-hydrogen) atoms. The molecule has 0 atom stereocenters. The van der Waals surface area contributed by atoms with E-state index in [4.69, 9.17) is 0 Å². The van der Waals surface area contributed by atoms with E-state index in [2.05, 4.69) is 0 Å². The van der Waals surface area contributed by atoms with E-state index in [0.29, 0.717) is 6.54 Å². The average molecular weight is 284 g/mol. The maximum atomic E-state index is 12.8. The Kier molecular flexibility index (Phi) is 4.39. The van der Waals surface area contributed by atoms with Gasteiger partial charge in [0, 0.05) is 11.1 Å². The van der Waals surface area contributed by atoms with Gasteiger partial charge in [-0.25, -0.2) is 4.39 Å². The van der Waals surface area contributed by atoms with Crippen LogP contribution in [0.1, 0.15) is 16.7 Å². The molecule has 2 rings (SSSR count). The molecule has 2 aromatic carbocycles. The smallest absolute Gasteiger partial charge is 0.339 e. The minimum Gasteiger partial charge on any atom is -0.339 e. The molecule has 0 saturated carbocycles. The fourth-order valence-corrected chi connectivity index (χ4v) is 1.99. The summed E-state index contributed by atoms with van der Waals surface area (Å²) in [6, 6.07) is 11.5. The van der Waals surface area contributed by atoms with Crippen LogP contribution in [0.3, 0.4) is 0 Å². The van der Waals surface area contributed by atoms with E-state index < -0.39 is 11.7 Å². The molecule has 2 N–H and O–H groups in total. The number of rotatable bonds is 4. The summed E-state index contributed by atoms with van der Waals surface area (Å²) in [4.78, 5) is 0. The summed E-state index contributed by atoms with van der Waals surface area (Å²) in [6.45, 7) is 0.736. The van der Waals surface area contributed by atoms with E-state index in [1.54, 1.807) is 23.5 Å². The molecule has 1 nitrogen and oxygen atoms in total. The standard InChI is InChI=1S/C15H13F4N/c16-13-7-5-11(6-8-13)9-20-10-12-3-1-2-4-14(12)15(17,18)19/h1-8,20H,9-10H2/p+1. The lowest BCUT2D eigenvalue weighted by molar-refractivity contribution is -0.686. The third-order valence-electron chi connectivity index (χ3n) is 2.98. The van der Waals surface area contributed by atoms with E-state index in [9.17, 15) is 17.6 Å². The molecule has 0 unspecified atom stereocenters. The molecule has 0 aliphatic rings. The van der Waals surface area contributed by atoms with Crippen molar-refractivity contribution in [1.82, 2.24) is 0 Å². The van der Waals surface area contributed by atoms with Gasteiger partial charge >= 0.3 is 6.18 Å². The van der Waals surface area contributed by atoms with Gasteiger partial charge in [-0.15, -0.1) is 0 Å². The normalized spacial score (nSPS) is 11.6. The molecular formula is C15H14F4N+. The first-order valence-corrected chi connectivity index (χ1v) is 6.18. The molecule has 0 saturated heterocycles. The molecule has 0 amide bonds. The van der Waals surface area contributed by atoms with Crippen molar-refractivity contribution in [1.29, 1.82) is 0 Å². The third-order valence-corrected chi connectivity index (χ3v) is 2.98. The first kappa shape index (κ1) is 14.5. The maximum absolute atomic E-state index is 12.8. The van der Waals surface area contributed by atoms with Crippen LogP contribution in [0.15, 0.2) is 48.5 Å². The van der Waals surface area contributed by atoms with Crippen LogP contribution in [-0.4, -0.2) is 0 Å². The van der Waals surface area contributed by atoms with Crippen molar-refractivity contribution in [2.45, 2.75) is 19.3 Å². The first-order chi connectivity index (χ1) is 9.47. The lowest BCUT2D eigenvalue weighted by Crippen LogP contribution is -2.80. The van der Waals surface area contributed by atoms with Crippen LogP contribution in [0.5, 0.6) is 0 Å². The SMILES string of the molecule is Fc1ccc(C[NH2+]Cc2ccccc2C(F)(F)F)cc1. The summed E-state index contributed by atoms with van der Waals surface area (Å²) in [5.41, 5.74) is 0.522. The molecule has 0 aliphatic carbocycles. The molecule has 2 aromatic rings. The largest absolute Gasteiger partial charge is 0.416 e. The van der Waals surface area contributed by atoms with Gasteiger partial charge in [0.1, 0.15) is 18.9 Å². The van der Waals surface area contributed by atoms with Crippen molar-refractivity contribution in [3.63, 3.8) is 0 Å². The summed E-state index contributed by atoms with van der Waals surface area (Å²) in [5, 5.41) is 1.76. The van der Waals surface area contributed by atoms with Crippen LogP contribution in [0.25, 0.3) is 0 Å². The van der Waals surface area contributed by atoms with E-state index in [1.807, 2.05) is 0 Å². The Labute approximate surface area is 114 Å². The van der Waals surface area contributed by atoms with Crippen LogP contribution in [-0.2, 0) is 19.3 Å². The Morgan fingerprint density at radius 1 is 0.850 bits per heavy atom. The highest BCUT2D eigenvalue weighted by atomic mass is 19.4. The summed E-state index contributed by atoms with van der Waals surface area (Å²) < 4.78 is 51.1. The average Bonchev–Trinajstić information content (AvgIpc) is 2.40. The third kappa shape index (κ3) is 3.81. The molecule has 0 aliphatic heterocycles. The quantitative estimate of drug-likeness (QED) is 0.831. The van der Waals surface area contributed by atoms with Crippen molar-refractivity contribution in [2.24, 2.45) is 0 Å². The van der Waals surface area contributed by atoms with Crippen LogP contribution in [0.2, 0.25) is 0 Å². The minimum atomic E-state index is -4.33. The Hall–Kier alpha value is -1.88. The van der Waals surface area contributed by atoms with Gasteiger partial charge in [0.05, 0.1) is 5.56 Å². The number of hydrogen-bond acceptors (Lipinski definition) is 0. The topological polar surface area (TPSA) is 16.6 Å². The summed E-state index contributed by atoms with van der Waals surface area (Å²) in [6.07, 6.45) is -4.33. The van der Waals surface area contributed by atoms with E-state index in [-0.39, 0.29) is 17.9 Å². The Balaban J connectivity index is 1.99. The summed E-state index contributed by atoms with van der Waals surface area (Å²) in [7, 11) is 0. The molecular weight excluding hydrogens is 270 g/mol. The second kappa shape index (κ2) is 6.05. The zero-order chi connectivity index (χ0) is 14.6. The van der Waals surface area contributed by atoms with Crippen LogP contribution in [0, 0.1) is 5.82 Å². The number of alkyl halides is 3. The zero-order valence-electron chi connectivity index (χ0n) is 10.6. The van der Waals surface area contributed by atoms with Gasteiger partial charge in [-0.3, -0.25) is 0 Å². The van der Waals surface area contributed by atoms with Crippen molar-refractivity contribution < 1.29 is 22.9 Å². The summed E-state index contributed by atoms with van der Waals surface area (Å²) >= 11 is 0. The van der Waals surface area contributed by atoms with E-state index >= 15 is 0 Å². The number of nitrogens with two attached hydrogens (primary N) is 1. The second-order valence-electron chi connectivity index (χ2n) is 4.48. The molecule has 0 heterocycles.